The Morgan fingerprint density at radius 2 is 1.91 bits per heavy atom. The van der Waals surface area contributed by atoms with E-state index in [0.717, 1.165) is 24.7 Å². The zero-order chi connectivity index (χ0) is 24.3. The maximum Gasteiger partial charge on any atom is 0.418 e. The van der Waals surface area contributed by atoms with Crippen LogP contribution in [0.5, 0.6) is 5.88 Å². The first-order valence-corrected chi connectivity index (χ1v) is 10.1. The topological polar surface area (TPSA) is 136 Å². The molecule has 3 N–H and O–H groups in total. The molecule has 4 rings (SSSR count). The van der Waals surface area contributed by atoms with E-state index in [1.54, 1.807) is 12.1 Å². The molecule has 0 saturated heterocycles. The van der Waals surface area contributed by atoms with Gasteiger partial charge in [-0.05, 0) is 25.0 Å². The van der Waals surface area contributed by atoms with Crippen LogP contribution in [0.4, 0.5) is 35.0 Å². The van der Waals surface area contributed by atoms with Crippen molar-refractivity contribution in [3.8, 4) is 5.88 Å². The third-order valence-electron chi connectivity index (χ3n) is 4.69. The Labute approximate surface area is 190 Å². The quantitative estimate of drug-likeness (QED) is 0.473. The first-order chi connectivity index (χ1) is 16.2. The van der Waals surface area contributed by atoms with Crippen molar-refractivity contribution in [3.05, 3.63) is 48.4 Å². The Kier molecular flexibility index (Phi) is 6.30. The molecule has 34 heavy (non-hydrogen) atoms. The fourth-order valence-corrected chi connectivity index (χ4v) is 3.04. The number of carbonyl (C=O) groups excluding carboxylic acids is 2. The highest BCUT2D eigenvalue weighted by atomic mass is 19.4. The smallest absolute Gasteiger partial charge is 0.389 e. The highest BCUT2D eigenvalue weighted by Crippen LogP contribution is 2.41. The first kappa shape index (κ1) is 22.9. The van der Waals surface area contributed by atoms with E-state index in [1.807, 2.05) is 0 Å². The molecule has 178 valence electrons. The van der Waals surface area contributed by atoms with E-state index in [9.17, 15) is 22.8 Å². The van der Waals surface area contributed by atoms with Gasteiger partial charge in [-0.15, -0.1) is 0 Å². The first-order valence-electron chi connectivity index (χ1n) is 10.1. The van der Waals surface area contributed by atoms with Gasteiger partial charge in [0.25, 0.3) is 5.91 Å². The molecule has 2 amide bonds. The van der Waals surface area contributed by atoms with Gasteiger partial charge in [-0.1, -0.05) is 0 Å². The molecule has 11 nitrogen and oxygen atoms in total. The second-order valence-corrected chi connectivity index (χ2v) is 7.41. The van der Waals surface area contributed by atoms with Crippen molar-refractivity contribution in [2.45, 2.75) is 31.5 Å². The second kappa shape index (κ2) is 9.33. The molecular weight excluding hydrogens is 457 g/mol. The Balaban J connectivity index is 1.56. The molecule has 0 aliphatic heterocycles. The Hall–Kier alpha value is -4.23. The number of pyridine rings is 1. The lowest BCUT2D eigenvalue weighted by Crippen LogP contribution is -2.23. The van der Waals surface area contributed by atoms with E-state index in [0.29, 0.717) is 16.1 Å². The average molecular weight is 476 g/mol. The van der Waals surface area contributed by atoms with Gasteiger partial charge in [0, 0.05) is 24.9 Å². The summed E-state index contributed by atoms with van der Waals surface area (Å²) in [6.45, 7) is -1.44. The number of carbonyl (C=O) groups is 2. The van der Waals surface area contributed by atoms with Crippen LogP contribution in [0.25, 0.3) is 0 Å². The number of hydrogen-bond donors (Lipinski definition) is 3. The summed E-state index contributed by atoms with van der Waals surface area (Å²) >= 11 is 0. The molecule has 14 heteroatoms. The van der Waals surface area contributed by atoms with E-state index in [1.165, 1.54) is 25.8 Å². The molecule has 0 bridgehead atoms. The van der Waals surface area contributed by atoms with Gasteiger partial charge in [-0.3, -0.25) is 14.8 Å². The van der Waals surface area contributed by atoms with Crippen molar-refractivity contribution in [3.63, 3.8) is 0 Å². The lowest BCUT2D eigenvalue weighted by atomic mass is 10.2. The number of ether oxygens (including phenoxy) is 1. The highest BCUT2D eigenvalue weighted by molar-refractivity contribution is 6.01. The van der Waals surface area contributed by atoms with Gasteiger partial charge in [0.15, 0.2) is 5.69 Å². The molecule has 0 atom stereocenters. The van der Waals surface area contributed by atoms with Crippen LogP contribution < -0.4 is 20.7 Å². The van der Waals surface area contributed by atoms with Crippen LogP contribution in [-0.2, 0) is 6.54 Å². The number of nitrogens with one attached hydrogen (secondary N) is 3. The predicted octanol–water partition coefficient (Wildman–Crippen LogP) is 3.22. The monoisotopic (exact) mass is 476 g/mol. The molecule has 3 aromatic heterocycles. The van der Waals surface area contributed by atoms with E-state index < -0.39 is 30.4 Å². The summed E-state index contributed by atoms with van der Waals surface area (Å²) in [6, 6.07) is 3.49. The Morgan fingerprint density at radius 3 is 2.56 bits per heavy atom. The Morgan fingerprint density at radius 1 is 1.18 bits per heavy atom. The summed E-state index contributed by atoms with van der Waals surface area (Å²) < 4.78 is 44.1. The fourth-order valence-electron chi connectivity index (χ4n) is 3.04. The minimum Gasteiger partial charge on any atom is -0.389 e. The number of amides is 2. The average Bonchev–Trinajstić information content (AvgIpc) is 3.56. The third-order valence-corrected chi connectivity index (χ3v) is 4.69. The number of alkyl halides is 3. The van der Waals surface area contributed by atoms with Crippen molar-refractivity contribution in [1.29, 1.82) is 0 Å². The number of halogens is 3. The molecule has 0 radical (unpaired) electrons. The maximum atomic E-state index is 12.7. The molecule has 3 heterocycles. The van der Waals surface area contributed by atoms with Crippen molar-refractivity contribution in [2.24, 2.45) is 0 Å². The van der Waals surface area contributed by atoms with Gasteiger partial charge in [-0.25, -0.2) is 19.7 Å². The number of rotatable bonds is 7. The van der Waals surface area contributed by atoms with Gasteiger partial charge in [0.1, 0.15) is 18.6 Å². The largest absolute Gasteiger partial charge is 0.418 e. The minimum absolute atomic E-state index is 0.0603. The predicted molar refractivity (Wildman–Crippen MR) is 113 cm³/mol. The summed E-state index contributed by atoms with van der Waals surface area (Å²) in [5, 5.41) is 11.1. The van der Waals surface area contributed by atoms with Crippen LogP contribution in [0.3, 0.4) is 0 Å². The van der Waals surface area contributed by atoms with Gasteiger partial charge < -0.3 is 15.4 Å². The zero-order valence-electron chi connectivity index (χ0n) is 17.8. The number of anilines is 3. The van der Waals surface area contributed by atoms with Crippen LogP contribution in [-0.4, -0.2) is 50.0 Å². The van der Waals surface area contributed by atoms with Crippen molar-refractivity contribution in [1.82, 2.24) is 30.0 Å². The molecule has 0 aromatic carbocycles. The van der Waals surface area contributed by atoms with Gasteiger partial charge >= 0.3 is 12.3 Å². The van der Waals surface area contributed by atoms with Crippen LogP contribution in [0.1, 0.15) is 34.9 Å². The molecule has 1 saturated carbocycles. The molecular formula is C20H19F3N8O3. The normalized spacial score (nSPS) is 13.3. The number of hydrogen-bond acceptors (Lipinski definition) is 8. The standard InChI is InChI=1S/C20H19F3N8O3/c1-24-17(32)16-15(8-31(30-16)9-20(21,22)23)29-19(33)34-18-14(27-12-6-25-10-26-7-12)5-4-13(28-18)11-2-3-11/h4-8,10-11,27H,2-3,9H2,1H3,(H,24,32)(H,29,33). The lowest BCUT2D eigenvalue weighted by molar-refractivity contribution is -0.142. The van der Waals surface area contributed by atoms with Crippen molar-refractivity contribution < 1.29 is 27.5 Å². The van der Waals surface area contributed by atoms with Crippen molar-refractivity contribution >= 4 is 29.1 Å². The van der Waals surface area contributed by atoms with Gasteiger partial charge in [0.05, 0.1) is 23.8 Å². The lowest BCUT2D eigenvalue weighted by Gasteiger charge is -2.13. The summed E-state index contributed by atoms with van der Waals surface area (Å²) in [5.41, 5.74) is 0.945. The van der Waals surface area contributed by atoms with Gasteiger partial charge in [-0.2, -0.15) is 18.3 Å². The van der Waals surface area contributed by atoms with Gasteiger partial charge in [0.2, 0.25) is 5.88 Å². The molecule has 3 aromatic rings. The van der Waals surface area contributed by atoms with Crippen molar-refractivity contribution in [2.75, 3.05) is 17.7 Å². The van der Waals surface area contributed by atoms with E-state index in [4.69, 9.17) is 4.74 Å². The molecule has 0 spiro atoms. The van der Waals surface area contributed by atoms with E-state index in [2.05, 4.69) is 36.0 Å². The summed E-state index contributed by atoms with van der Waals surface area (Å²) in [5.74, 6) is -0.577. The molecule has 1 aliphatic carbocycles. The fraction of sp³-hybridized carbons (Fsp3) is 0.300. The van der Waals surface area contributed by atoms with E-state index >= 15 is 0 Å². The molecule has 1 aliphatic rings. The summed E-state index contributed by atoms with van der Waals surface area (Å²) in [6.07, 6.45) is 1.56. The summed E-state index contributed by atoms with van der Waals surface area (Å²) in [4.78, 5) is 36.9. The van der Waals surface area contributed by atoms with Crippen LogP contribution in [0, 0.1) is 0 Å². The zero-order valence-corrected chi connectivity index (χ0v) is 17.8. The summed E-state index contributed by atoms with van der Waals surface area (Å²) in [7, 11) is 1.28. The van der Waals surface area contributed by atoms with Crippen LogP contribution >= 0.6 is 0 Å². The van der Waals surface area contributed by atoms with Crippen LogP contribution in [0.15, 0.2) is 37.1 Å². The number of nitrogens with zero attached hydrogens (tertiary/aromatic N) is 5. The second-order valence-electron chi connectivity index (χ2n) is 7.41. The highest BCUT2D eigenvalue weighted by Gasteiger charge is 2.30. The Bertz CT molecular complexity index is 1200. The van der Waals surface area contributed by atoms with Crippen LogP contribution in [0.2, 0.25) is 0 Å². The number of aromatic nitrogens is 5. The molecule has 1 fully saturated rings. The SMILES string of the molecule is CNC(=O)c1nn(CC(F)(F)F)cc1NC(=O)Oc1nc(C2CC2)ccc1Nc1cncnc1. The third kappa shape index (κ3) is 5.76. The molecule has 0 unspecified atom stereocenters. The van der Waals surface area contributed by atoms with E-state index in [-0.39, 0.29) is 17.5 Å². The maximum absolute atomic E-state index is 12.7. The minimum atomic E-state index is -4.57.